The first-order valence-corrected chi connectivity index (χ1v) is 7.33. The maximum atomic E-state index is 12.1. The molecule has 0 aromatic rings. The van der Waals surface area contributed by atoms with Crippen molar-refractivity contribution in [3.05, 3.63) is 0 Å². The molecule has 1 rings (SSSR count). The zero-order valence-corrected chi connectivity index (χ0v) is 12.6. The first-order chi connectivity index (χ1) is 9.97. The van der Waals surface area contributed by atoms with Crippen LogP contribution in [0.4, 0.5) is 4.79 Å². The number of carbonyl (C=O) groups excluding carboxylic acids is 2. The van der Waals surface area contributed by atoms with E-state index in [-0.39, 0.29) is 18.9 Å². The highest BCUT2D eigenvalue weighted by atomic mass is 16.5. The van der Waals surface area contributed by atoms with E-state index in [0.717, 1.165) is 12.8 Å². The Balaban J connectivity index is 2.48. The molecule has 7 heteroatoms. The van der Waals surface area contributed by atoms with Crippen LogP contribution in [0.5, 0.6) is 0 Å². The topological polar surface area (TPSA) is 95.9 Å². The highest BCUT2D eigenvalue weighted by molar-refractivity contribution is 5.83. The number of nitrogens with one attached hydrogen (secondary N) is 1. The van der Waals surface area contributed by atoms with Crippen molar-refractivity contribution in [2.45, 2.75) is 45.1 Å². The summed E-state index contributed by atoms with van der Waals surface area (Å²) in [4.78, 5) is 36.0. The highest BCUT2D eigenvalue weighted by Crippen LogP contribution is 2.27. The summed E-state index contributed by atoms with van der Waals surface area (Å²) in [6, 6.07) is -1.46. The Morgan fingerprint density at radius 2 is 2.05 bits per heavy atom. The van der Waals surface area contributed by atoms with E-state index < -0.39 is 18.0 Å². The Morgan fingerprint density at radius 1 is 1.38 bits per heavy atom. The quantitative estimate of drug-likeness (QED) is 0.657. The molecule has 1 saturated carbocycles. The Kier molecular flexibility index (Phi) is 6.98. The molecule has 0 unspecified atom stereocenters. The monoisotopic (exact) mass is 300 g/mol. The number of aliphatic carboxylic acids is 1. The third-order valence-corrected chi connectivity index (χ3v) is 3.83. The SMILES string of the molecule is CCN(CC1CCC1)C(=O)N[C@@H](CCC(=O)OC)C(=O)O. The molecule has 1 atom stereocenters. The number of hydrogen-bond donors (Lipinski definition) is 2. The Morgan fingerprint density at radius 3 is 2.48 bits per heavy atom. The largest absolute Gasteiger partial charge is 0.480 e. The summed E-state index contributed by atoms with van der Waals surface area (Å²) in [5.41, 5.74) is 0. The third kappa shape index (κ3) is 5.61. The van der Waals surface area contributed by atoms with Gasteiger partial charge in [-0.05, 0) is 32.1 Å². The average Bonchev–Trinajstić information content (AvgIpc) is 2.41. The van der Waals surface area contributed by atoms with Crippen LogP contribution in [0, 0.1) is 5.92 Å². The molecular weight excluding hydrogens is 276 g/mol. The molecule has 0 aromatic heterocycles. The van der Waals surface area contributed by atoms with Gasteiger partial charge >= 0.3 is 18.0 Å². The zero-order valence-electron chi connectivity index (χ0n) is 12.6. The summed E-state index contributed by atoms with van der Waals surface area (Å²) < 4.78 is 4.47. The van der Waals surface area contributed by atoms with Gasteiger partial charge in [0.15, 0.2) is 0 Å². The van der Waals surface area contributed by atoms with E-state index in [9.17, 15) is 14.4 Å². The molecule has 120 valence electrons. The summed E-state index contributed by atoms with van der Waals surface area (Å²) in [7, 11) is 1.24. The Bertz CT molecular complexity index is 382. The van der Waals surface area contributed by atoms with E-state index in [1.165, 1.54) is 13.5 Å². The molecule has 0 saturated heterocycles. The molecule has 1 aliphatic carbocycles. The first kappa shape index (κ1) is 17.3. The molecule has 1 fully saturated rings. The van der Waals surface area contributed by atoms with Gasteiger partial charge in [0.25, 0.3) is 0 Å². The molecule has 21 heavy (non-hydrogen) atoms. The summed E-state index contributed by atoms with van der Waals surface area (Å²) >= 11 is 0. The fourth-order valence-corrected chi connectivity index (χ4v) is 2.20. The number of urea groups is 1. The number of rotatable bonds is 8. The minimum atomic E-state index is -1.15. The average molecular weight is 300 g/mol. The number of carboxylic acids is 1. The second kappa shape index (κ2) is 8.49. The van der Waals surface area contributed by atoms with E-state index in [2.05, 4.69) is 10.1 Å². The lowest BCUT2D eigenvalue weighted by molar-refractivity contribution is -0.142. The molecule has 0 aliphatic heterocycles. The maximum absolute atomic E-state index is 12.1. The fraction of sp³-hybridized carbons (Fsp3) is 0.786. The standard InChI is InChI=1S/C14H24N2O5/c1-3-16(9-10-5-4-6-10)14(20)15-11(13(18)19)7-8-12(17)21-2/h10-11H,3-9H2,1-2H3,(H,15,20)(H,18,19)/t11-/m0/s1. The number of hydrogen-bond acceptors (Lipinski definition) is 4. The summed E-state index contributed by atoms with van der Waals surface area (Å²) in [5, 5.41) is 11.6. The summed E-state index contributed by atoms with van der Waals surface area (Å²) in [5.74, 6) is -1.11. The van der Waals surface area contributed by atoms with Gasteiger partial charge < -0.3 is 20.1 Å². The van der Waals surface area contributed by atoms with Crippen molar-refractivity contribution in [1.29, 1.82) is 0 Å². The number of amides is 2. The highest BCUT2D eigenvalue weighted by Gasteiger charge is 2.26. The van der Waals surface area contributed by atoms with E-state index >= 15 is 0 Å². The van der Waals surface area contributed by atoms with Crippen molar-refractivity contribution in [3.63, 3.8) is 0 Å². The van der Waals surface area contributed by atoms with Crippen molar-refractivity contribution in [2.24, 2.45) is 5.92 Å². The molecule has 2 N–H and O–H groups in total. The number of nitrogens with zero attached hydrogens (tertiary/aromatic N) is 1. The third-order valence-electron chi connectivity index (χ3n) is 3.83. The number of ether oxygens (including phenoxy) is 1. The minimum Gasteiger partial charge on any atom is -0.480 e. The molecule has 0 spiro atoms. The van der Waals surface area contributed by atoms with Gasteiger partial charge in [-0.15, -0.1) is 0 Å². The van der Waals surface area contributed by atoms with Gasteiger partial charge in [-0.25, -0.2) is 9.59 Å². The lowest BCUT2D eigenvalue weighted by Crippen LogP contribution is -2.49. The molecule has 2 amide bonds. The van der Waals surface area contributed by atoms with Gasteiger partial charge in [0.1, 0.15) is 6.04 Å². The second-order valence-electron chi connectivity index (χ2n) is 5.29. The number of esters is 1. The predicted molar refractivity (Wildman–Crippen MR) is 75.8 cm³/mol. The van der Waals surface area contributed by atoms with Crippen LogP contribution in [-0.2, 0) is 14.3 Å². The normalized spacial score (nSPS) is 15.7. The van der Waals surface area contributed by atoms with Crippen LogP contribution in [0.3, 0.4) is 0 Å². The van der Waals surface area contributed by atoms with Crippen LogP contribution in [0.15, 0.2) is 0 Å². The van der Waals surface area contributed by atoms with Crippen LogP contribution >= 0.6 is 0 Å². The number of carboxylic acid groups (broad SMARTS) is 1. The zero-order chi connectivity index (χ0) is 15.8. The van der Waals surface area contributed by atoms with Crippen molar-refractivity contribution in [2.75, 3.05) is 20.2 Å². The minimum absolute atomic E-state index is 0.0225. The van der Waals surface area contributed by atoms with Crippen molar-refractivity contribution >= 4 is 18.0 Å². The van der Waals surface area contributed by atoms with Crippen LogP contribution in [0.1, 0.15) is 39.0 Å². The van der Waals surface area contributed by atoms with Gasteiger partial charge in [-0.1, -0.05) is 6.42 Å². The smallest absolute Gasteiger partial charge is 0.326 e. The lowest BCUT2D eigenvalue weighted by Gasteiger charge is -2.32. The van der Waals surface area contributed by atoms with Crippen molar-refractivity contribution in [3.8, 4) is 0 Å². The molecule has 0 heterocycles. The van der Waals surface area contributed by atoms with Crippen molar-refractivity contribution in [1.82, 2.24) is 10.2 Å². The van der Waals surface area contributed by atoms with Gasteiger partial charge in [0.05, 0.1) is 7.11 Å². The lowest BCUT2D eigenvalue weighted by atomic mass is 9.85. The van der Waals surface area contributed by atoms with Gasteiger partial charge in [0.2, 0.25) is 0 Å². The second-order valence-corrected chi connectivity index (χ2v) is 5.29. The Labute approximate surface area is 124 Å². The maximum Gasteiger partial charge on any atom is 0.326 e. The van der Waals surface area contributed by atoms with Crippen LogP contribution in [0.25, 0.3) is 0 Å². The number of methoxy groups -OCH3 is 1. The molecule has 7 nitrogen and oxygen atoms in total. The van der Waals surface area contributed by atoms with E-state index in [0.29, 0.717) is 19.0 Å². The fourth-order valence-electron chi connectivity index (χ4n) is 2.20. The molecule has 0 radical (unpaired) electrons. The van der Waals surface area contributed by atoms with Gasteiger partial charge in [0, 0.05) is 19.5 Å². The first-order valence-electron chi connectivity index (χ1n) is 7.33. The summed E-state index contributed by atoms with van der Waals surface area (Å²) in [6.07, 6.45) is 3.42. The predicted octanol–water partition coefficient (Wildman–Crippen LogP) is 1.22. The van der Waals surface area contributed by atoms with Gasteiger partial charge in [-0.3, -0.25) is 4.79 Å². The van der Waals surface area contributed by atoms with Crippen LogP contribution in [-0.4, -0.2) is 54.2 Å². The van der Waals surface area contributed by atoms with Crippen LogP contribution < -0.4 is 5.32 Å². The van der Waals surface area contributed by atoms with Gasteiger partial charge in [-0.2, -0.15) is 0 Å². The van der Waals surface area contributed by atoms with E-state index in [1.54, 1.807) is 4.90 Å². The molecular formula is C14H24N2O5. The molecule has 1 aliphatic rings. The molecule has 0 bridgehead atoms. The Hall–Kier alpha value is -1.79. The van der Waals surface area contributed by atoms with Crippen LogP contribution in [0.2, 0.25) is 0 Å². The number of carbonyl (C=O) groups is 3. The van der Waals surface area contributed by atoms with Crippen molar-refractivity contribution < 1.29 is 24.2 Å². The summed E-state index contributed by atoms with van der Waals surface area (Å²) in [6.45, 7) is 3.06. The van der Waals surface area contributed by atoms with E-state index in [4.69, 9.17) is 5.11 Å². The molecule has 0 aromatic carbocycles. The van der Waals surface area contributed by atoms with E-state index in [1.807, 2.05) is 6.92 Å².